The fraction of sp³-hybridized carbons (Fsp3) is 0.250. The Morgan fingerprint density at radius 2 is 2.00 bits per heavy atom. The Kier molecular flexibility index (Phi) is 5.04. The lowest BCUT2D eigenvalue weighted by Gasteiger charge is -2.12. The summed E-state index contributed by atoms with van der Waals surface area (Å²) in [6.07, 6.45) is 1.70. The maximum Gasteiger partial charge on any atom is 0.267 e. The van der Waals surface area contributed by atoms with Crippen LogP contribution in [0.25, 0.3) is 5.57 Å². The number of aryl methyl sites for hydroxylation is 2. The second-order valence-electron chi connectivity index (χ2n) is 5.99. The number of aromatic nitrogens is 1. The second kappa shape index (κ2) is 7.23. The third-order valence-corrected chi connectivity index (χ3v) is 5.50. The summed E-state index contributed by atoms with van der Waals surface area (Å²) in [6.45, 7) is 8.73. The molecule has 0 saturated carbocycles. The second-order valence-corrected chi connectivity index (χ2v) is 6.96. The highest BCUT2D eigenvalue weighted by Gasteiger charge is 2.34. The molecule has 5 heteroatoms. The van der Waals surface area contributed by atoms with Gasteiger partial charge in [-0.2, -0.15) is 0 Å². The maximum absolute atomic E-state index is 12.8. The summed E-state index contributed by atoms with van der Waals surface area (Å²) < 4.78 is 0. The van der Waals surface area contributed by atoms with Gasteiger partial charge in [-0.3, -0.25) is 9.69 Å². The van der Waals surface area contributed by atoms with Crippen molar-refractivity contribution in [1.29, 1.82) is 0 Å². The lowest BCUT2D eigenvalue weighted by Crippen LogP contribution is -2.28. The summed E-state index contributed by atoms with van der Waals surface area (Å²) in [7, 11) is 0. The number of likely N-dealkylation sites (N-methyl/N-ethyl adjacent to an activating group) is 1. The number of hydrogen-bond donors (Lipinski definition) is 0. The quantitative estimate of drug-likeness (QED) is 0.752. The van der Waals surface area contributed by atoms with Gasteiger partial charge in [-0.25, -0.2) is 9.98 Å². The van der Waals surface area contributed by atoms with E-state index < -0.39 is 0 Å². The van der Waals surface area contributed by atoms with Crippen LogP contribution < -0.4 is 0 Å². The van der Waals surface area contributed by atoms with Crippen LogP contribution in [0.2, 0.25) is 0 Å². The highest BCUT2D eigenvalue weighted by Crippen LogP contribution is 2.37. The summed E-state index contributed by atoms with van der Waals surface area (Å²) in [5.41, 5.74) is 4.54. The number of benzene rings is 1. The van der Waals surface area contributed by atoms with E-state index in [2.05, 4.69) is 42.0 Å². The molecule has 2 aromatic rings. The van der Waals surface area contributed by atoms with Crippen molar-refractivity contribution in [3.63, 3.8) is 0 Å². The Balaban J connectivity index is 2.01. The molecule has 0 N–H and O–H groups in total. The van der Waals surface area contributed by atoms with Gasteiger partial charge >= 0.3 is 0 Å². The Morgan fingerprint density at radius 3 is 2.64 bits per heavy atom. The molecule has 3 rings (SSSR count). The van der Waals surface area contributed by atoms with Crippen molar-refractivity contribution in [2.45, 2.75) is 27.7 Å². The number of rotatable bonds is 3. The molecule has 1 saturated heterocycles. The first-order valence-corrected chi connectivity index (χ1v) is 9.11. The van der Waals surface area contributed by atoms with Crippen LogP contribution in [0.15, 0.2) is 52.5 Å². The fourth-order valence-electron chi connectivity index (χ4n) is 2.62. The zero-order chi connectivity index (χ0) is 18.0. The normalized spacial score (nSPS) is 18.2. The largest absolute Gasteiger partial charge is 0.287 e. The molecule has 1 aromatic heterocycles. The average Bonchev–Trinajstić information content (AvgIpc) is 2.93. The van der Waals surface area contributed by atoms with Crippen molar-refractivity contribution in [1.82, 2.24) is 9.88 Å². The highest BCUT2D eigenvalue weighted by atomic mass is 32.2. The van der Waals surface area contributed by atoms with Gasteiger partial charge in [0.15, 0.2) is 11.0 Å². The predicted octanol–water partition coefficient (Wildman–Crippen LogP) is 4.71. The first-order valence-electron chi connectivity index (χ1n) is 8.29. The molecule has 1 amide bonds. The number of amidine groups is 1. The van der Waals surface area contributed by atoms with E-state index in [0.29, 0.717) is 17.5 Å². The first-order chi connectivity index (χ1) is 12.0. The molecule has 1 aliphatic rings. The maximum atomic E-state index is 12.8. The third-order valence-electron chi connectivity index (χ3n) is 4.32. The standard InChI is InChI=1S/C20H21N3OS/c1-5-23-19(24)18(15(4)16-10-9-13(2)14(3)12-16)25-20(23)22-17-8-6-7-11-21-17/h6-12H,5H2,1-4H3/b18-15-,22-20+. The van der Waals surface area contributed by atoms with Gasteiger partial charge in [-0.15, -0.1) is 0 Å². The van der Waals surface area contributed by atoms with Gasteiger partial charge in [0.25, 0.3) is 5.91 Å². The van der Waals surface area contributed by atoms with Gasteiger partial charge < -0.3 is 0 Å². The third kappa shape index (κ3) is 3.51. The molecular formula is C20H21N3OS. The SMILES string of the molecule is CCN1C(=O)/C(=C(\C)c2ccc(C)c(C)c2)S/C1=N/c1ccccn1. The molecule has 0 unspecified atom stereocenters. The van der Waals surface area contributed by atoms with E-state index in [0.717, 1.165) is 16.0 Å². The summed E-state index contributed by atoms with van der Waals surface area (Å²) in [5.74, 6) is 0.624. The highest BCUT2D eigenvalue weighted by molar-refractivity contribution is 8.18. The lowest BCUT2D eigenvalue weighted by molar-refractivity contribution is -0.122. The van der Waals surface area contributed by atoms with Gasteiger partial charge in [0.2, 0.25) is 0 Å². The number of aliphatic imine (C=N–C) groups is 1. The minimum absolute atomic E-state index is 0.0120. The number of carbonyl (C=O) groups is 1. The van der Waals surface area contributed by atoms with E-state index in [1.54, 1.807) is 11.1 Å². The molecule has 2 heterocycles. The Bertz CT molecular complexity index is 872. The molecule has 0 radical (unpaired) electrons. The van der Waals surface area contributed by atoms with Crippen molar-refractivity contribution in [2.75, 3.05) is 6.54 Å². The van der Waals surface area contributed by atoms with Gasteiger partial charge in [-0.05, 0) is 73.9 Å². The molecule has 128 valence electrons. The number of thioether (sulfide) groups is 1. The number of pyridine rings is 1. The van der Waals surface area contributed by atoms with Crippen LogP contribution in [0, 0.1) is 13.8 Å². The van der Waals surface area contributed by atoms with Crippen molar-refractivity contribution < 1.29 is 4.79 Å². The summed E-state index contributed by atoms with van der Waals surface area (Å²) in [6, 6.07) is 11.9. The van der Waals surface area contributed by atoms with Crippen molar-refractivity contribution in [2.24, 2.45) is 4.99 Å². The molecule has 1 aromatic carbocycles. The number of carbonyl (C=O) groups excluding carboxylic acids is 1. The summed E-state index contributed by atoms with van der Waals surface area (Å²) in [4.78, 5) is 24.1. The zero-order valence-corrected chi connectivity index (χ0v) is 15.7. The molecule has 25 heavy (non-hydrogen) atoms. The van der Waals surface area contributed by atoms with E-state index in [-0.39, 0.29) is 5.91 Å². The molecule has 0 atom stereocenters. The number of nitrogens with zero attached hydrogens (tertiary/aromatic N) is 3. The topological polar surface area (TPSA) is 45.6 Å². The Hall–Kier alpha value is -2.40. The van der Waals surface area contributed by atoms with Crippen LogP contribution in [-0.4, -0.2) is 27.5 Å². The van der Waals surface area contributed by atoms with Crippen LogP contribution in [0.5, 0.6) is 0 Å². The number of allylic oxidation sites excluding steroid dienone is 1. The van der Waals surface area contributed by atoms with Crippen LogP contribution in [-0.2, 0) is 4.79 Å². The minimum atomic E-state index is 0.0120. The van der Waals surface area contributed by atoms with E-state index in [4.69, 9.17) is 0 Å². The number of amides is 1. The van der Waals surface area contributed by atoms with Crippen LogP contribution in [0.4, 0.5) is 5.82 Å². The lowest BCUT2D eigenvalue weighted by atomic mass is 10.0. The average molecular weight is 351 g/mol. The van der Waals surface area contributed by atoms with Crippen LogP contribution >= 0.6 is 11.8 Å². The first kappa shape index (κ1) is 17.4. The van der Waals surface area contributed by atoms with E-state index in [9.17, 15) is 4.79 Å². The van der Waals surface area contributed by atoms with E-state index in [1.807, 2.05) is 32.0 Å². The van der Waals surface area contributed by atoms with E-state index in [1.165, 1.54) is 22.9 Å². The summed E-state index contributed by atoms with van der Waals surface area (Å²) >= 11 is 1.43. The Morgan fingerprint density at radius 1 is 1.20 bits per heavy atom. The monoisotopic (exact) mass is 351 g/mol. The smallest absolute Gasteiger partial charge is 0.267 e. The van der Waals surface area contributed by atoms with E-state index >= 15 is 0 Å². The molecule has 0 bridgehead atoms. The van der Waals surface area contributed by atoms with Crippen LogP contribution in [0.3, 0.4) is 0 Å². The van der Waals surface area contributed by atoms with Gasteiger partial charge in [0, 0.05) is 12.7 Å². The Labute approximate surface area is 152 Å². The van der Waals surface area contributed by atoms with Gasteiger partial charge in [0.05, 0.1) is 4.91 Å². The predicted molar refractivity (Wildman–Crippen MR) is 105 cm³/mol. The van der Waals surface area contributed by atoms with Crippen molar-refractivity contribution in [3.8, 4) is 0 Å². The van der Waals surface area contributed by atoms with Gasteiger partial charge in [-0.1, -0.05) is 24.3 Å². The number of hydrogen-bond acceptors (Lipinski definition) is 4. The van der Waals surface area contributed by atoms with Crippen molar-refractivity contribution in [3.05, 3.63) is 64.2 Å². The summed E-state index contributed by atoms with van der Waals surface area (Å²) in [5, 5.41) is 0.685. The minimum Gasteiger partial charge on any atom is -0.287 e. The molecule has 1 aliphatic heterocycles. The molecule has 0 spiro atoms. The molecule has 1 fully saturated rings. The fourth-order valence-corrected chi connectivity index (χ4v) is 3.73. The van der Waals surface area contributed by atoms with Gasteiger partial charge in [0.1, 0.15) is 0 Å². The zero-order valence-electron chi connectivity index (χ0n) is 14.9. The molecule has 0 aliphatic carbocycles. The van der Waals surface area contributed by atoms with Crippen molar-refractivity contribution >= 4 is 34.2 Å². The molecule has 4 nitrogen and oxygen atoms in total. The molecular weight excluding hydrogens is 330 g/mol. The van der Waals surface area contributed by atoms with Crippen LogP contribution in [0.1, 0.15) is 30.5 Å².